The van der Waals surface area contributed by atoms with Crippen LogP contribution in [0.2, 0.25) is 0 Å². The lowest BCUT2D eigenvalue weighted by molar-refractivity contribution is -0.128. The van der Waals surface area contributed by atoms with Gasteiger partial charge in [-0.1, -0.05) is 0 Å². The van der Waals surface area contributed by atoms with Crippen LogP contribution in [0.4, 0.5) is 17.6 Å². The van der Waals surface area contributed by atoms with Crippen LogP contribution in [0.3, 0.4) is 0 Å². The van der Waals surface area contributed by atoms with Crippen LogP contribution in [0.25, 0.3) is 0 Å². The quantitative estimate of drug-likeness (QED) is 0.690. The SMILES string of the molecule is CN(C)C1(C#N)CCC(F)(F)CC1.O=C1CCC(F)(F)CC1. The molecule has 0 N–H and O–H groups in total. The summed E-state index contributed by atoms with van der Waals surface area (Å²) in [5.74, 6) is -5.15. The smallest absolute Gasteiger partial charge is 0.249 e. The van der Waals surface area contributed by atoms with E-state index in [4.69, 9.17) is 5.26 Å². The Kier molecular flexibility index (Phi) is 5.96. The molecule has 0 saturated heterocycles. The third-order valence-corrected chi connectivity index (χ3v) is 4.41. The number of halogens is 4. The minimum Gasteiger partial charge on any atom is -0.300 e. The van der Waals surface area contributed by atoms with Crippen LogP contribution in [-0.2, 0) is 4.79 Å². The fourth-order valence-corrected chi connectivity index (χ4v) is 2.58. The van der Waals surface area contributed by atoms with Gasteiger partial charge in [-0.15, -0.1) is 0 Å². The number of carbonyl (C=O) groups excluding carboxylic acids is 1. The number of hydrogen-bond donors (Lipinski definition) is 0. The summed E-state index contributed by atoms with van der Waals surface area (Å²) in [5.41, 5.74) is -0.665. The Balaban J connectivity index is 0.000000235. The highest BCUT2D eigenvalue weighted by Crippen LogP contribution is 2.40. The highest BCUT2D eigenvalue weighted by atomic mass is 19.3. The summed E-state index contributed by atoms with van der Waals surface area (Å²) in [6, 6.07) is 2.15. The van der Waals surface area contributed by atoms with E-state index < -0.39 is 17.4 Å². The molecule has 0 heterocycles. The maximum Gasteiger partial charge on any atom is 0.249 e. The van der Waals surface area contributed by atoms with Gasteiger partial charge in [0.2, 0.25) is 11.8 Å². The van der Waals surface area contributed by atoms with Gasteiger partial charge in [0.15, 0.2) is 0 Å². The van der Waals surface area contributed by atoms with Gasteiger partial charge < -0.3 is 0 Å². The molecule has 0 bridgehead atoms. The lowest BCUT2D eigenvalue weighted by Gasteiger charge is -2.39. The molecule has 2 aliphatic rings. The Bertz CT molecular complexity index is 421. The van der Waals surface area contributed by atoms with Gasteiger partial charge in [0, 0.05) is 38.5 Å². The zero-order valence-electron chi connectivity index (χ0n) is 13.0. The van der Waals surface area contributed by atoms with Gasteiger partial charge >= 0.3 is 0 Å². The second kappa shape index (κ2) is 6.95. The average Bonchev–Trinajstić information content (AvgIpc) is 2.43. The fraction of sp³-hybridized carbons (Fsp3) is 0.867. The van der Waals surface area contributed by atoms with E-state index in [1.54, 1.807) is 19.0 Å². The summed E-state index contributed by atoms with van der Waals surface area (Å²) in [6.45, 7) is 0. The Morgan fingerprint density at radius 1 is 0.909 bits per heavy atom. The third-order valence-electron chi connectivity index (χ3n) is 4.41. The Morgan fingerprint density at radius 3 is 1.64 bits per heavy atom. The second-order valence-electron chi connectivity index (χ2n) is 6.29. The van der Waals surface area contributed by atoms with E-state index in [0.29, 0.717) is 0 Å². The van der Waals surface area contributed by atoms with Gasteiger partial charge in [0.05, 0.1) is 6.07 Å². The number of Topliss-reactive ketones (excluding diaryl/α,β-unsaturated/α-hetero) is 1. The zero-order valence-corrected chi connectivity index (χ0v) is 13.0. The first kappa shape index (κ1) is 18.9. The third kappa shape index (κ3) is 5.24. The van der Waals surface area contributed by atoms with Crippen molar-refractivity contribution in [1.82, 2.24) is 4.90 Å². The van der Waals surface area contributed by atoms with Crippen LogP contribution >= 0.6 is 0 Å². The molecule has 0 spiro atoms. The van der Waals surface area contributed by atoms with Crippen molar-refractivity contribution in [2.45, 2.75) is 68.8 Å². The van der Waals surface area contributed by atoms with E-state index in [-0.39, 0.29) is 57.1 Å². The Labute approximate surface area is 128 Å². The zero-order chi connectivity index (χ0) is 17.0. The van der Waals surface area contributed by atoms with Gasteiger partial charge in [-0.25, -0.2) is 17.6 Å². The molecular weight excluding hydrogens is 300 g/mol. The largest absolute Gasteiger partial charge is 0.300 e. The van der Waals surface area contributed by atoms with Crippen molar-refractivity contribution in [2.75, 3.05) is 14.1 Å². The Hall–Kier alpha value is -1.16. The monoisotopic (exact) mass is 322 g/mol. The molecule has 0 aliphatic heterocycles. The average molecular weight is 322 g/mol. The molecule has 2 rings (SSSR count). The summed E-state index contributed by atoms with van der Waals surface area (Å²) in [5, 5.41) is 8.95. The lowest BCUT2D eigenvalue weighted by atomic mass is 9.80. The maximum atomic E-state index is 12.8. The normalized spacial score (nSPS) is 25.8. The molecule has 2 aliphatic carbocycles. The summed E-state index contributed by atoms with van der Waals surface area (Å²) >= 11 is 0. The number of nitrogens with zero attached hydrogens (tertiary/aromatic N) is 2. The summed E-state index contributed by atoms with van der Waals surface area (Å²) < 4.78 is 50.1. The minimum atomic E-state index is -2.56. The first-order chi connectivity index (χ1) is 10.0. The van der Waals surface area contributed by atoms with Crippen LogP contribution in [-0.4, -0.2) is 42.2 Å². The predicted octanol–water partition coefficient (Wildman–Crippen LogP) is 3.78. The second-order valence-corrected chi connectivity index (χ2v) is 6.29. The van der Waals surface area contributed by atoms with Crippen LogP contribution in [0.15, 0.2) is 0 Å². The molecule has 7 heteroatoms. The number of rotatable bonds is 1. The molecule has 0 atom stereocenters. The van der Waals surface area contributed by atoms with Crippen LogP contribution in [0.5, 0.6) is 0 Å². The number of carbonyl (C=O) groups is 1. The van der Waals surface area contributed by atoms with Crippen molar-refractivity contribution >= 4 is 5.78 Å². The van der Waals surface area contributed by atoms with Crippen LogP contribution < -0.4 is 0 Å². The highest BCUT2D eigenvalue weighted by molar-refractivity contribution is 5.79. The highest BCUT2D eigenvalue weighted by Gasteiger charge is 2.44. The molecule has 22 heavy (non-hydrogen) atoms. The summed E-state index contributed by atoms with van der Waals surface area (Å²) in [4.78, 5) is 12.2. The number of alkyl halides is 4. The van der Waals surface area contributed by atoms with Gasteiger partial charge in [-0.3, -0.25) is 9.69 Å². The van der Waals surface area contributed by atoms with Crippen molar-refractivity contribution < 1.29 is 22.4 Å². The molecule has 126 valence electrons. The van der Waals surface area contributed by atoms with Crippen molar-refractivity contribution in [3.8, 4) is 6.07 Å². The van der Waals surface area contributed by atoms with Crippen LogP contribution in [0, 0.1) is 11.3 Å². The molecule has 0 aromatic carbocycles. The van der Waals surface area contributed by atoms with E-state index in [9.17, 15) is 22.4 Å². The Morgan fingerprint density at radius 2 is 1.32 bits per heavy atom. The standard InChI is InChI=1S/C9H14F2N2.C6H8F2O/c1-13(2)8(7-12)3-5-9(10,11)6-4-8;7-6(8)3-1-5(9)2-4-6/h3-6H2,1-2H3;1-4H2. The summed E-state index contributed by atoms with van der Waals surface area (Å²) in [7, 11) is 3.54. The van der Waals surface area contributed by atoms with Crippen molar-refractivity contribution in [1.29, 1.82) is 5.26 Å². The molecule has 0 amide bonds. The number of hydrogen-bond acceptors (Lipinski definition) is 3. The molecule has 2 saturated carbocycles. The van der Waals surface area contributed by atoms with Crippen molar-refractivity contribution in [3.05, 3.63) is 0 Å². The summed E-state index contributed by atoms with van der Waals surface area (Å²) in [6.07, 6.45) is -0.165. The number of ketones is 1. The first-order valence-corrected chi connectivity index (χ1v) is 7.38. The fourth-order valence-electron chi connectivity index (χ4n) is 2.58. The molecule has 0 aromatic rings. The molecule has 0 unspecified atom stereocenters. The number of nitriles is 1. The van der Waals surface area contributed by atoms with Gasteiger partial charge in [-0.05, 0) is 26.9 Å². The topological polar surface area (TPSA) is 44.1 Å². The van der Waals surface area contributed by atoms with Crippen molar-refractivity contribution in [2.24, 2.45) is 0 Å². The molecule has 2 fully saturated rings. The minimum absolute atomic E-state index is 0.0269. The molecule has 0 aromatic heterocycles. The van der Waals surface area contributed by atoms with E-state index in [1.165, 1.54) is 0 Å². The first-order valence-electron chi connectivity index (χ1n) is 7.38. The van der Waals surface area contributed by atoms with E-state index in [0.717, 1.165) is 0 Å². The van der Waals surface area contributed by atoms with Crippen LogP contribution in [0.1, 0.15) is 51.4 Å². The van der Waals surface area contributed by atoms with E-state index >= 15 is 0 Å². The maximum absolute atomic E-state index is 12.8. The van der Waals surface area contributed by atoms with Gasteiger partial charge in [0.25, 0.3) is 0 Å². The van der Waals surface area contributed by atoms with E-state index in [1.807, 2.05) is 0 Å². The predicted molar refractivity (Wildman–Crippen MR) is 73.9 cm³/mol. The van der Waals surface area contributed by atoms with Gasteiger partial charge in [-0.2, -0.15) is 5.26 Å². The molecule has 0 radical (unpaired) electrons. The van der Waals surface area contributed by atoms with Crippen molar-refractivity contribution in [3.63, 3.8) is 0 Å². The molecule has 3 nitrogen and oxygen atoms in total. The van der Waals surface area contributed by atoms with E-state index in [2.05, 4.69) is 6.07 Å². The lowest BCUT2D eigenvalue weighted by Crippen LogP contribution is -2.48. The molecular formula is C15H22F4N2O. The van der Waals surface area contributed by atoms with Gasteiger partial charge in [0.1, 0.15) is 11.3 Å².